The third-order valence-electron chi connectivity index (χ3n) is 2.17. The van der Waals surface area contributed by atoms with Gasteiger partial charge in [0.25, 0.3) is 0 Å². The van der Waals surface area contributed by atoms with Crippen molar-refractivity contribution in [1.82, 2.24) is 5.32 Å². The molecule has 1 atom stereocenters. The number of hydrogen-bond acceptors (Lipinski definition) is 1. The van der Waals surface area contributed by atoms with Gasteiger partial charge >= 0.3 is 0 Å². The van der Waals surface area contributed by atoms with Crippen LogP contribution in [0.3, 0.4) is 0 Å². The highest BCUT2D eigenvalue weighted by Crippen LogP contribution is 2.26. The molecule has 0 spiro atoms. The van der Waals surface area contributed by atoms with Gasteiger partial charge in [-0.3, -0.25) is 0 Å². The SMILES string of the molecule is CC1NCc2cc(Cl)ccc21.Cl. The van der Waals surface area contributed by atoms with Gasteiger partial charge in [-0.25, -0.2) is 0 Å². The van der Waals surface area contributed by atoms with E-state index >= 15 is 0 Å². The van der Waals surface area contributed by atoms with Gasteiger partial charge in [0.05, 0.1) is 0 Å². The second kappa shape index (κ2) is 3.65. The van der Waals surface area contributed by atoms with Crippen LogP contribution in [0, 0.1) is 0 Å². The molecule has 1 aliphatic heterocycles. The largest absolute Gasteiger partial charge is 0.306 e. The number of fused-ring (bicyclic) bond motifs is 1. The van der Waals surface area contributed by atoms with E-state index in [0.29, 0.717) is 6.04 Å². The van der Waals surface area contributed by atoms with Crippen LogP contribution in [0.5, 0.6) is 0 Å². The van der Waals surface area contributed by atoms with E-state index in [-0.39, 0.29) is 12.4 Å². The van der Waals surface area contributed by atoms with E-state index < -0.39 is 0 Å². The smallest absolute Gasteiger partial charge is 0.0409 e. The van der Waals surface area contributed by atoms with Gasteiger partial charge in [-0.15, -0.1) is 12.4 Å². The summed E-state index contributed by atoms with van der Waals surface area (Å²) in [6.45, 7) is 3.12. The predicted molar refractivity (Wildman–Crippen MR) is 54.0 cm³/mol. The zero-order valence-corrected chi connectivity index (χ0v) is 8.38. The molecular weight excluding hydrogens is 193 g/mol. The monoisotopic (exact) mass is 203 g/mol. The van der Waals surface area contributed by atoms with E-state index in [4.69, 9.17) is 11.6 Å². The molecular formula is C9H11Cl2N. The molecule has 0 saturated heterocycles. The molecule has 1 N–H and O–H groups in total. The van der Waals surface area contributed by atoms with Gasteiger partial charge in [0, 0.05) is 17.6 Å². The number of benzene rings is 1. The molecule has 0 amide bonds. The quantitative estimate of drug-likeness (QED) is 0.685. The van der Waals surface area contributed by atoms with E-state index in [2.05, 4.69) is 18.3 Å². The van der Waals surface area contributed by atoms with Gasteiger partial charge < -0.3 is 5.32 Å². The van der Waals surface area contributed by atoms with E-state index in [9.17, 15) is 0 Å². The van der Waals surface area contributed by atoms with Crippen molar-refractivity contribution < 1.29 is 0 Å². The molecule has 0 radical (unpaired) electrons. The standard InChI is InChI=1S/C9H10ClN.ClH/c1-6-9-3-2-8(10)4-7(9)5-11-6;/h2-4,6,11H,5H2,1H3;1H. The molecule has 0 saturated carbocycles. The van der Waals surface area contributed by atoms with Crippen LogP contribution in [0.15, 0.2) is 18.2 Å². The molecule has 66 valence electrons. The summed E-state index contributed by atoms with van der Waals surface area (Å²) in [6, 6.07) is 6.57. The fraction of sp³-hybridized carbons (Fsp3) is 0.333. The average molecular weight is 204 g/mol. The Balaban J connectivity index is 0.000000720. The fourth-order valence-corrected chi connectivity index (χ4v) is 1.72. The molecule has 0 bridgehead atoms. The second-order valence-corrected chi connectivity index (χ2v) is 3.38. The van der Waals surface area contributed by atoms with Crippen molar-refractivity contribution in [2.45, 2.75) is 19.5 Å². The first kappa shape index (κ1) is 9.85. The number of rotatable bonds is 0. The zero-order valence-electron chi connectivity index (χ0n) is 6.80. The van der Waals surface area contributed by atoms with Crippen molar-refractivity contribution in [2.24, 2.45) is 0 Å². The van der Waals surface area contributed by atoms with Gasteiger partial charge in [0.15, 0.2) is 0 Å². The molecule has 0 aromatic heterocycles. The molecule has 1 aromatic rings. The maximum atomic E-state index is 5.84. The Labute approximate surface area is 83.5 Å². The first-order valence-corrected chi connectivity index (χ1v) is 4.17. The van der Waals surface area contributed by atoms with Crippen molar-refractivity contribution in [3.05, 3.63) is 34.3 Å². The van der Waals surface area contributed by atoms with E-state index in [1.54, 1.807) is 0 Å². The Morgan fingerprint density at radius 1 is 1.50 bits per heavy atom. The van der Waals surface area contributed by atoms with Crippen molar-refractivity contribution in [2.75, 3.05) is 0 Å². The lowest BCUT2D eigenvalue weighted by atomic mass is 10.1. The predicted octanol–water partition coefficient (Wildman–Crippen LogP) is 2.93. The summed E-state index contributed by atoms with van der Waals surface area (Å²) in [5, 5.41) is 4.19. The fourth-order valence-electron chi connectivity index (χ4n) is 1.52. The maximum Gasteiger partial charge on any atom is 0.0409 e. The summed E-state index contributed by atoms with van der Waals surface area (Å²) in [5.41, 5.74) is 2.72. The number of halogens is 2. The Bertz CT molecular complexity index is 286. The van der Waals surface area contributed by atoms with E-state index in [1.807, 2.05) is 12.1 Å². The number of hydrogen-bond donors (Lipinski definition) is 1. The van der Waals surface area contributed by atoms with Crippen LogP contribution >= 0.6 is 24.0 Å². The van der Waals surface area contributed by atoms with Crippen molar-refractivity contribution in [1.29, 1.82) is 0 Å². The summed E-state index contributed by atoms with van der Waals surface area (Å²) < 4.78 is 0. The van der Waals surface area contributed by atoms with E-state index in [1.165, 1.54) is 11.1 Å². The lowest BCUT2D eigenvalue weighted by Crippen LogP contribution is -2.06. The Morgan fingerprint density at radius 3 is 3.00 bits per heavy atom. The third kappa shape index (κ3) is 1.58. The molecule has 1 unspecified atom stereocenters. The minimum atomic E-state index is 0. The molecule has 1 aliphatic rings. The number of nitrogens with one attached hydrogen (secondary N) is 1. The van der Waals surface area contributed by atoms with Gasteiger partial charge in [-0.1, -0.05) is 17.7 Å². The van der Waals surface area contributed by atoms with Crippen molar-refractivity contribution in [3.63, 3.8) is 0 Å². The molecule has 12 heavy (non-hydrogen) atoms. The topological polar surface area (TPSA) is 12.0 Å². The van der Waals surface area contributed by atoms with Crippen LogP contribution in [-0.4, -0.2) is 0 Å². The first-order chi connectivity index (χ1) is 5.27. The normalized spacial score (nSPS) is 20.0. The third-order valence-corrected chi connectivity index (χ3v) is 2.41. The molecule has 0 aliphatic carbocycles. The summed E-state index contributed by atoms with van der Waals surface area (Å²) in [4.78, 5) is 0. The summed E-state index contributed by atoms with van der Waals surface area (Å²) >= 11 is 5.84. The van der Waals surface area contributed by atoms with E-state index in [0.717, 1.165) is 11.6 Å². The van der Waals surface area contributed by atoms with Crippen LogP contribution in [0.1, 0.15) is 24.1 Å². The van der Waals surface area contributed by atoms with Crippen molar-refractivity contribution in [3.8, 4) is 0 Å². The van der Waals surface area contributed by atoms with Gasteiger partial charge in [0.1, 0.15) is 0 Å². The van der Waals surface area contributed by atoms with Crippen LogP contribution in [0.25, 0.3) is 0 Å². The lowest BCUT2D eigenvalue weighted by molar-refractivity contribution is 0.633. The minimum absolute atomic E-state index is 0. The Morgan fingerprint density at radius 2 is 2.25 bits per heavy atom. The summed E-state index contributed by atoms with van der Waals surface area (Å²) in [7, 11) is 0. The highest BCUT2D eigenvalue weighted by atomic mass is 35.5. The van der Waals surface area contributed by atoms with Crippen LogP contribution in [-0.2, 0) is 6.54 Å². The first-order valence-electron chi connectivity index (χ1n) is 3.79. The zero-order chi connectivity index (χ0) is 7.84. The average Bonchev–Trinajstić information content (AvgIpc) is 2.32. The lowest BCUT2D eigenvalue weighted by Gasteiger charge is -2.02. The highest BCUT2D eigenvalue weighted by Gasteiger charge is 2.16. The van der Waals surface area contributed by atoms with Gasteiger partial charge in [-0.05, 0) is 30.2 Å². The van der Waals surface area contributed by atoms with Crippen molar-refractivity contribution >= 4 is 24.0 Å². The molecule has 2 rings (SSSR count). The molecule has 1 aromatic carbocycles. The van der Waals surface area contributed by atoms with Gasteiger partial charge in [0.2, 0.25) is 0 Å². The highest BCUT2D eigenvalue weighted by molar-refractivity contribution is 6.30. The molecule has 1 heterocycles. The summed E-state index contributed by atoms with van der Waals surface area (Å²) in [5.74, 6) is 0. The molecule has 1 nitrogen and oxygen atoms in total. The summed E-state index contributed by atoms with van der Waals surface area (Å²) in [6.07, 6.45) is 0. The maximum absolute atomic E-state index is 5.84. The van der Waals surface area contributed by atoms with Crippen LogP contribution in [0.4, 0.5) is 0 Å². The second-order valence-electron chi connectivity index (χ2n) is 2.95. The Hall–Kier alpha value is -0.240. The molecule has 3 heteroatoms. The minimum Gasteiger partial charge on any atom is -0.306 e. The molecule has 0 fully saturated rings. The van der Waals surface area contributed by atoms with Crippen LogP contribution in [0.2, 0.25) is 5.02 Å². The van der Waals surface area contributed by atoms with Crippen LogP contribution < -0.4 is 5.32 Å². The van der Waals surface area contributed by atoms with Gasteiger partial charge in [-0.2, -0.15) is 0 Å². The Kier molecular flexibility index (Phi) is 2.99.